The predicted molar refractivity (Wildman–Crippen MR) is 55.1 cm³/mol. The summed E-state index contributed by atoms with van der Waals surface area (Å²) < 4.78 is 30.7. The number of rotatable bonds is 3. The van der Waals surface area contributed by atoms with Crippen LogP contribution in [0.3, 0.4) is 0 Å². The van der Waals surface area contributed by atoms with Crippen LogP contribution in [0.15, 0.2) is 12.1 Å². The number of hydrogen-bond donors (Lipinski definition) is 1. The van der Waals surface area contributed by atoms with E-state index in [1.165, 1.54) is 7.11 Å². The van der Waals surface area contributed by atoms with Crippen molar-refractivity contribution in [1.29, 1.82) is 0 Å². The Kier molecular flexibility index (Phi) is 4.20. The van der Waals surface area contributed by atoms with Gasteiger partial charge in [-0.05, 0) is 17.7 Å². The first-order valence-electron chi connectivity index (χ1n) is 4.42. The highest BCUT2D eigenvalue weighted by atomic mass is 35.5. The number of carbonyl (C=O) groups excluding carboxylic acids is 1. The van der Waals surface area contributed by atoms with E-state index >= 15 is 0 Å². The van der Waals surface area contributed by atoms with E-state index in [4.69, 9.17) is 17.3 Å². The van der Waals surface area contributed by atoms with E-state index in [0.29, 0.717) is 0 Å². The number of methoxy groups -OCH3 is 1. The standard InChI is InChI=1S/C10H10ClF2NO2/c1-16-10(15)9(14)3-5-2-8(13)6(11)4-7(5)12/h2,4,9H,3,14H2,1H3/t9-/m1/s1. The molecule has 0 aliphatic rings. The zero-order valence-corrected chi connectivity index (χ0v) is 9.22. The topological polar surface area (TPSA) is 52.3 Å². The van der Waals surface area contributed by atoms with Gasteiger partial charge < -0.3 is 10.5 Å². The zero-order chi connectivity index (χ0) is 12.3. The minimum Gasteiger partial charge on any atom is -0.468 e. The normalized spacial score (nSPS) is 12.3. The average molecular weight is 250 g/mol. The van der Waals surface area contributed by atoms with E-state index < -0.39 is 23.6 Å². The third-order valence-electron chi connectivity index (χ3n) is 2.03. The van der Waals surface area contributed by atoms with Crippen LogP contribution in [0.4, 0.5) is 8.78 Å². The Labute approximate surface area is 96.1 Å². The maximum Gasteiger partial charge on any atom is 0.322 e. The first-order valence-corrected chi connectivity index (χ1v) is 4.80. The molecule has 16 heavy (non-hydrogen) atoms. The van der Waals surface area contributed by atoms with Gasteiger partial charge in [-0.25, -0.2) is 8.78 Å². The highest BCUT2D eigenvalue weighted by molar-refractivity contribution is 6.30. The molecule has 1 aromatic rings. The Balaban J connectivity index is 2.89. The molecule has 0 saturated carbocycles. The first-order chi connectivity index (χ1) is 7.45. The molecule has 0 spiro atoms. The second kappa shape index (κ2) is 5.23. The number of benzene rings is 1. The molecule has 2 N–H and O–H groups in total. The lowest BCUT2D eigenvalue weighted by molar-refractivity contribution is -0.142. The lowest BCUT2D eigenvalue weighted by Gasteiger charge is -2.10. The molecule has 0 amide bonds. The molecular weight excluding hydrogens is 240 g/mol. The van der Waals surface area contributed by atoms with Crippen LogP contribution >= 0.6 is 11.6 Å². The van der Waals surface area contributed by atoms with Gasteiger partial charge in [0.1, 0.15) is 17.7 Å². The van der Waals surface area contributed by atoms with Gasteiger partial charge in [-0.15, -0.1) is 0 Å². The number of halogens is 3. The van der Waals surface area contributed by atoms with Crippen LogP contribution in [0.1, 0.15) is 5.56 Å². The highest BCUT2D eigenvalue weighted by Crippen LogP contribution is 2.20. The Morgan fingerprint density at radius 3 is 2.69 bits per heavy atom. The number of hydrogen-bond acceptors (Lipinski definition) is 3. The van der Waals surface area contributed by atoms with E-state index in [1.54, 1.807) is 0 Å². The minimum atomic E-state index is -1.03. The van der Waals surface area contributed by atoms with Gasteiger partial charge in [-0.2, -0.15) is 0 Å². The molecule has 1 aromatic carbocycles. The summed E-state index contributed by atoms with van der Waals surface area (Å²) in [6.07, 6.45) is -0.146. The fraction of sp³-hybridized carbons (Fsp3) is 0.300. The molecule has 0 aliphatic carbocycles. The van der Waals surface area contributed by atoms with E-state index in [2.05, 4.69) is 4.74 Å². The fourth-order valence-corrected chi connectivity index (χ4v) is 1.34. The van der Waals surface area contributed by atoms with Crippen molar-refractivity contribution in [3.8, 4) is 0 Å². The first kappa shape index (κ1) is 12.9. The van der Waals surface area contributed by atoms with Crippen molar-refractivity contribution in [3.05, 3.63) is 34.4 Å². The third kappa shape index (κ3) is 2.90. The minimum absolute atomic E-state index is 0.0141. The number of ether oxygens (including phenoxy) is 1. The Morgan fingerprint density at radius 2 is 2.12 bits per heavy atom. The molecule has 3 nitrogen and oxygen atoms in total. The van der Waals surface area contributed by atoms with Crippen molar-refractivity contribution in [2.75, 3.05) is 7.11 Å². The predicted octanol–water partition coefficient (Wildman–Crippen LogP) is 1.66. The van der Waals surface area contributed by atoms with E-state index in [9.17, 15) is 13.6 Å². The van der Waals surface area contributed by atoms with Gasteiger partial charge in [0.25, 0.3) is 0 Å². The average Bonchev–Trinajstić information content (AvgIpc) is 2.24. The molecule has 0 unspecified atom stereocenters. The Morgan fingerprint density at radius 1 is 1.50 bits per heavy atom. The van der Waals surface area contributed by atoms with Crippen molar-refractivity contribution >= 4 is 17.6 Å². The quantitative estimate of drug-likeness (QED) is 0.655. The smallest absolute Gasteiger partial charge is 0.322 e. The van der Waals surface area contributed by atoms with E-state index in [-0.39, 0.29) is 17.0 Å². The van der Waals surface area contributed by atoms with Crippen LogP contribution in [0.5, 0.6) is 0 Å². The van der Waals surface area contributed by atoms with Crippen LogP contribution in [0.2, 0.25) is 5.02 Å². The maximum atomic E-state index is 13.3. The largest absolute Gasteiger partial charge is 0.468 e. The van der Waals surface area contributed by atoms with E-state index in [1.807, 2.05) is 0 Å². The molecule has 1 rings (SSSR count). The van der Waals surface area contributed by atoms with Gasteiger partial charge in [0.2, 0.25) is 0 Å². The van der Waals surface area contributed by atoms with Crippen LogP contribution in [0.25, 0.3) is 0 Å². The molecule has 88 valence electrons. The summed E-state index contributed by atoms with van der Waals surface area (Å²) >= 11 is 5.37. The molecule has 1 atom stereocenters. The second-order valence-electron chi connectivity index (χ2n) is 3.19. The zero-order valence-electron chi connectivity index (χ0n) is 8.47. The Hall–Kier alpha value is -1.20. The Bertz CT molecular complexity index is 412. The molecule has 0 bridgehead atoms. The van der Waals surface area contributed by atoms with Crippen molar-refractivity contribution in [1.82, 2.24) is 0 Å². The van der Waals surface area contributed by atoms with Crippen molar-refractivity contribution in [3.63, 3.8) is 0 Å². The molecule has 0 aliphatic heterocycles. The van der Waals surface area contributed by atoms with Gasteiger partial charge >= 0.3 is 5.97 Å². The van der Waals surface area contributed by atoms with Crippen molar-refractivity contribution in [2.45, 2.75) is 12.5 Å². The van der Waals surface area contributed by atoms with Crippen LogP contribution in [-0.2, 0) is 16.0 Å². The van der Waals surface area contributed by atoms with Gasteiger partial charge in [-0.1, -0.05) is 11.6 Å². The van der Waals surface area contributed by atoms with Crippen LogP contribution in [-0.4, -0.2) is 19.1 Å². The number of nitrogens with two attached hydrogens (primary N) is 1. The summed E-state index contributed by atoms with van der Waals surface area (Å²) in [5.74, 6) is -2.14. The fourth-order valence-electron chi connectivity index (χ4n) is 1.19. The third-order valence-corrected chi connectivity index (χ3v) is 2.32. The summed E-state index contributed by atoms with van der Waals surface area (Å²) in [6.45, 7) is 0. The van der Waals surface area contributed by atoms with Crippen LogP contribution in [0, 0.1) is 11.6 Å². The molecule has 6 heteroatoms. The SMILES string of the molecule is COC(=O)[C@H](N)Cc1cc(F)c(Cl)cc1F. The molecule has 0 radical (unpaired) electrons. The van der Waals surface area contributed by atoms with Gasteiger partial charge in [0, 0.05) is 6.42 Å². The summed E-state index contributed by atoms with van der Waals surface area (Å²) in [7, 11) is 1.17. The van der Waals surface area contributed by atoms with Crippen molar-refractivity contribution < 1.29 is 18.3 Å². The summed E-state index contributed by atoms with van der Waals surface area (Å²) in [5, 5.41) is -0.312. The second-order valence-corrected chi connectivity index (χ2v) is 3.60. The molecule has 0 aromatic heterocycles. The summed E-state index contributed by atoms with van der Waals surface area (Å²) in [5.41, 5.74) is 5.41. The van der Waals surface area contributed by atoms with Gasteiger partial charge in [0.15, 0.2) is 0 Å². The maximum absolute atomic E-state index is 13.3. The number of carbonyl (C=O) groups is 1. The van der Waals surface area contributed by atoms with Gasteiger partial charge in [-0.3, -0.25) is 4.79 Å². The summed E-state index contributed by atoms with van der Waals surface area (Å²) in [6, 6.07) is 0.733. The van der Waals surface area contributed by atoms with Crippen LogP contribution < -0.4 is 5.73 Å². The molecule has 0 saturated heterocycles. The lowest BCUT2D eigenvalue weighted by atomic mass is 10.1. The molecule has 0 heterocycles. The molecular formula is C10H10ClF2NO2. The van der Waals surface area contributed by atoms with Crippen molar-refractivity contribution in [2.24, 2.45) is 5.73 Å². The molecule has 0 fully saturated rings. The van der Waals surface area contributed by atoms with Gasteiger partial charge in [0.05, 0.1) is 12.1 Å². The number of esters is 1. The monoisotopic (exact) mass is 249 g/mol. The van der Waals surface area contributed by atoms with E-state index in [0.717, 1.165) is 12.1 Å². The lowest BCUT2D eigenvalue weighted by Crippen LogP contribution is -2.33. The summed E-state index contributed by atoms with van der Waals surface area (Å²) in [4.78, 5) is 11.0. The highest BCUT2D eigenvalue weighted by Gasteiger charge is 2.17.